The molecule has 1 heterocycles. The molecule has 0 fully saturated rings. The van der Waals surface area contributed by atoms with Crippen LogP contribution in [0, 0.1) is 0 Å². The van der Waals surface area contributed by atoms with Crippen molar-refractivity contribution in [3.63, 3.8) is 0 Å². The minimum atomic E-state index is 0.0599. The molecule has 0 spiro atoms. The predicted molar refractivity (Wildman–Crippen MR) is 42.1 cm³/mol. The second-order valence-corrected chi connectivity index (χ2v) is 2.33. The highest BCUT2D eigenvalue weighted by atomic mass is 35.5. The van der Waals surface area contributed by atoms with Crippen LogP contribution in [0.5, 0.6) is 0 Å². The third kappa shape index (κ3) is 1.71. The summed E-state index contributed by atoms with van der Waals surface area (Å²) in [6.07, 6.45) is 3.26. The van der Waals surface area contributed by atoms with Crippen molar-refractivity contribution in [1.82, 2.24) is 9.78 Å². The van der Waals surface area contributed by atoms with Gasteiger partial charge in [0.2, 0.25) is 0 Å². The highest BCUT2D eigenvalue weighted by molar-refractivity contribution is 6.69. The average Bonchev–Trinajstić information content (AvgIpc) is 2.50. The third-order valence-corrected chi connectivity index (χ3v) is 1.58. The Morgan fingerprint density at radius 1 is 1.91 bits per heavy atom. The molecule has 0 aliphatic carbocycles. The van der Waals surface area contributed by atoms with Crippen molar-refractivity contribution >= 4 is 16.8 Å². The Hall–Kier alpha value is -1.03. The standard InChI is InChI=1S/C6H8ClN3O/c1-2-10-4-5(3-8-10)6(7)9-11/h3-4,11H,2H2,1H3/b9-6-. The van der Waals surface area contributed by atoms with E-state index in [1.165, 1.54) is 0 Å². The molecule has 4 nitrogen and oxygen atoms in total. The number of hydrogen-bond donors (Lipinski definition) is 1. The van der Waals surface area contributed by atoms with E-state index in [0.717, 1.165) is 6.54 Å². The first-order chi connectivity index (χ1) is 5.27. The maximum Gasteiger partial charge on any atom is 0.178 e. The third-order valence-electron chi connectivity index (χ3n) is 1.28. The van der Waals surface area contributed by atoms with Crippen LogP contribution in [0.15, 0.2) is 17.5 Å². The van der Waals surface area contributed by atoms with Gasteiger partial charge in [0, 0.05) is 12.7 Å². The number of nitrogens with zero attached hydrogens (tertiary/aromatic N) is 3. The topological polar surface area (TPSA) is 50.4 Å². The van der Waals surface area contributed by atoms with Gasteiger partial charge in [0.25, 0.3) is 0 Å². The summed E-state index contributed by atoms with van der Waals surface area (Å²) in [6.45, 7) is 2.73. The van der Waals surface area contributed by atoms with Gasteiger partial charge in [0.15, 0.2) is 5.17 Å². The fraction of sp³-hybridized carbons (Fsp3) is 0.333. The maximum absolute atomic E-state index is 8.29. The fourth-order valence-electron chi connectivity index (χ4n) is 0.701. The van der Waals surface area contributed by atoms with Gasteiger partial charge in [-0.3, -0.25) is 4.68 Å². The zero-order chi connectivity index (χ0) is 8.27. The summed E-state index contributed by atoms with van der Waals surface area (Å²) in [5, 5.41) is 15.1. The van der Waals surface area contributed by atoms with E-state index in [0.29, 0.717) is 5.56 Å². The minimum Gasteiger partial charge on any atom is -0.410 e. The summed E-state index contributed by atoms with van der Waals surface area (Å²) < 4.78 is 1.70. The van der Waals surface area contributed by atoms with Crippen LogP contribution in [0.2, 0.25) is 0 Å². The van der Waals surface area contributed by atoms with Crippen LogP contribution in [0.25, 0.3) is 0 Å². The zero-order valence-electron chi connectivity index (χ0n) is 6.03. The van der Waals surface area contributed by atoms with Gasteiger partial charge in [-0.2, -0.15) is 5.10 Å². The van der Waals surface area contributed by atoms with Gasteiger partial charge in [-0.25, -0.2) is 0 Å². The number of hydrogen-bond acceptors (Lipinski definition) is 3. The summed E-state index contributed by atoms with van der Waals surface area (Å²) in [5.74, 6) is 0. The summed E-state index contributed by atoms with van der Waals surface area (Å²) in [5.41, 5.74) is 0.621. The largest absolute Gasteiger partial charge is 0.410 e. The Bertz CT molecular complexity index is 269. The molecule has 11 heavy (non-hydrogen) atoms. The first kappa shape index (κ1) is 8.07. The first-order valence-electron chi connectivity index (χ1n) is 3.18. The van der Waals surface area contributed by atoms with Crippen LogP contribution in [0.1, 0.15) is 12.5 Å². The van der Waals surface area contributed by atoms with Crippen LogP contribution in [0.3, 0.4) is 0 Å². The maximum atomic E-state index is 8.29. The molecule has 1 N–H and O–H groups in total. The van der Waals surface area contributed by atoms with Gasteiger partial charge < -0.3 is 5.21 Å². The Kier molecular flexibility index (Phi) is 2.48. The van der Waals surface area contributed by atoms with E-state index in [1.807, 2.05) is 6.92 Å². The molecule has 0 bridgehead atoms. The fourth-order valence-corrected chi connectivity index (χ4v) is 0.798. The quantitative estimate of drug-likeness (QED) is 0.416. The van der Waals surface area contributed by atoms with Crippen molar-refractivity contribution in [2.45, 2.75) is 13.5 Å². The Morgan fingerprint density at radius 2 is 2.64 bits per heavy atom. The Balaban J connectivity index is 2.89. The molecule has 1 aromatic rings. The molecule has 0 atom stereocenters. The molecule has 0 aromatic carbocycles. The Labute approximate surface area is 69.1 Å². The van der Waals surface area contributed by atoms with Crippen LogP contribution < -0.4 is 0 Å². The SMILES string of the molecule is CCn1cc(/C(Cl)=N/O)cn1. The molecule has 60 valence electrons. The van der Waals surface area contributed by atoms with Gasteiger partial charge in [0.1, 0.15) is 0 Å². The number of aryl methyl sites for hydroxylation is 1. The zero-order valence-corrected chi connectivity index (χ0v) is 6.78. The van der Waals surface area contributed by atoms with Crippen molar-refractivity contribution in [3.8, 4) is 0 Å². The van der Waals surface area contributed by atoms with Crippen molar-refractivity contribution < 1.29 is 5.21 Å². The van der Waals surface area contributed by atoms with E-state index in [2.05, 4.69) is 10.3 Å². The van der Waals surface area contributed by atoms with Crippen LogP contribution in [-0.2, 0) is 6.54 Å². The molecule has 0 aliphatic heterocycles. The lowest BCUT2D eigenvalue weighted by molar-refractivity contribution is 0.321. The molecule has 1 rings (SSSR count). The van der Waals surface area contributed by atoms with Gasteiger partial charge >= 0.3 is 0 Å². The summed E-state index contributed by atoms with van der Waals surface area (Å²) in [6, 6.07) is 0. The highest BCUT2D eigenvalue weighted by Crippen LogP contribution is 2.02. The smallest absolute Gasteiger partial charge is 0.178 e. The van der Waals surface area contributed by atoms with E-state index < -0.39 is 0 Å². The molecule has 0 saturated heterocycles. The molecule has 5 heteroatoms. The summed E-state index contributed by atoms with van der Waals surface area (Å²) in [4.78, 5) is 0. The van der Waals surface area contributed by atoms with E-state index in [9.17, 15) is 0 Å². The van der Waals surface area contributed by atoms with E-state index in [4.69, 9.17) is 16.8 Å². The monoisotopic (exact) mass is 173 g/mol. The molecular formula is C6H8ClN3O. The van der Waals surface area contributed by atoms with Gasteiger partial charge in [-0.05, 0) is 6.92 Å². The molecule has 0 unspecified atom stereocenters. The Morgan fingerprint density at radius 3 is 3.09 bits per heavy atom. The lowest BCUT2D eigenvalue weighted by atomic mass is 10.4. The molecular weight excluding hydrogens is 166 g/mol. The number of rotatable bonds is 2. The minimum absolute atomic E-state index is 0.0599. The van der Waals surface area contributed by atoms with Crippen LogP contribution in [-0.4, -0.2) is 20.2 Å². The highest BCUT2D eigenvalue weighted by Gasteiger charge is 2.02. The van der Waals surface area contributed by atoms with Gasteiger partial charge in [-0.15, -0.1) is 0 Å². The molecule has 0 aliphatic rings. The molecule has 0 amide bonds. The average molecular weight is 174 g/mol. The van der Waals surface area contributed by atoms with E-state index in [-0.39, 0.29) is 5.17 Å². The normalized spacial score (nSPS) is 12.0. The molecule has 0 radical (unpaired) electrons. The van der Waals surface area contributed by atoms with Crippen LogP contribution >= 0.6 is 11.6 Å². The van der Waals surface area contributed by atoms with Crippen molar-refractivity contribution in [3.05, 3.63) is 18.0 Å². The second-order valence-electron chi connectivity index (χ2n) is 1.98. The molecule has 0 saturated carbocycles. The number of halogens is 1. The van der Waals surface area contributed by atoms with E-state index in [1.54, 1.807) is 17.1 Å². The first-order valence-corrected chi connectivity index (χ1v) is 3.56. The van der Waals surface area contributed by atoms with Crippen LogP contribution in [0.4, 0.5) is 0 Å². The van der Waals surface area contributed by atoms with Crippen molar-refractivity contribution in [2.75, 3.05) is 0 Å². The number of oxime groups is 1. The van der Waals surface area contributed by atoms with E-state index >= 15 is 0 Å². The predicted octanol–water partition coefficient (Wildman–Crippen LogP) is 1.28. The summed E-state index contributed by atoms with van der Waals surface area (Å²) in [7, 11) is 0. The molecule has 1 aromatic heterocycles. The summed E-state index contributed by atoms with van der Waals surface area (Å²) >= 11 is 5.51. The van der Waals surface area contributed by atoms with Crippen molar-refractivity contribution in [2.24, 2.45) is 5.16 Å². The van der Waals surface area contributed by atoms with Crippen molar-refractivity contribution in [1.29, 1.82) is 0 Å². The lowest BCUT2D eigenvalue weighted by Gasteiger charge is -1.90. The van der Waals surface area contributed by atoms with Gasteiger partial charge in [0.05, 0.1) is 11.8 Å². The van der Waals surface area contributed by atoms with Gasteiger partial charge in [-0.1, -0.05) is 16.8 Å². The number of aromatic nitrogens is 2. The second kappa shape index (κ2) is 3.39. The lowest BCUT2D eigenvalue weighted by Crippen LogP contribution is -1.93.